The summed E-state index contributed by atoms with van der Waals surface area (Å²) in [6, 6.07) is 7.26. The van der Waals surface area contributed by atoms with E-state index in [0.717, 1.165) is 13.0 Å². The average Bonchev–Trinajstić information content (AvgIpc) is 2.66. The Morgan fingerprint density at radius 3 is 2.76 bits per heavy atom. The molecule has 2 aromatic rings. The summed E-state index contributed by atoms with van der Waals surface area (Å²) in [5.41, 5.74) is 0.592. The molecular formula is C19H26N4O2. The first-order valence-electron chi connectivity index (χ1n) is 9.17. The maximum Gasteiger partial charge on any atom is 0.261 e. The van der Waals surface area contributed by atoms with Gasteiger partial charge in [0.25, 0.3) is 5.56 Å². The minimum atomic E-state index is -0.0940. The molecule has 0 spiro atoms. The Hall–Kier alpha value is -2.21. The molecule has 1 amide bonds. The van der Waals surface area contributed by atoms with E-state index >= 15 is 0 Å². The van der Waals surface area contributed by atoms with Gasteiger partial charge in [-0.25, -0.2) is 4.98 Å². The molecule has 25 heavy (non-hydrogen) atoms. The van der Waals surface area contributed by atoms with E-state index in [9.17, 15) is 9.59 Å². The second kappa shape index (κ2) is 8.76. The van der Waals surface area contributed by atoms with E-state index < -0.39 is 0 Å². The van der Waals surface area contributed by atoms with Crippen LogP contribution in [0.25, 0.3) is 10.9 Å². The minimum absolute atomic E-state index is 0.0151. The molecule has 1 aliphatic heterocycles. The van der Waals surface area contributed by atoms with Crippen molar-refractivity contribution in [1.29, 1.82) is 0 Å². The summed E-state index contributed by atoms with van der Waals surface area (Å²) >= 11 is 0. The summed E-state index contributed by atoms with van der Waals surface area (Å²) < 4.78 is 1.51. The van der Waals surface area contributed by atoms with Gasteiger partial charge in [-0.2, -0.15) is 0 Å². The lowest BCUT2D eigenvalue weighted by Crippen LogP contribution is -2.33. The van der Waals surface area contributed by atoms with Crippen LogP contribution in [0.3, 0.4) is 0 Å². The molecule has 1 fully saturated rings. The standard InChI is InChI=1S/C19H26N4O2/c24-18(20-10-6-13-22-11-4-1-5-12-22)9-14-23-15-21-17-8-3-2-7-16(17)19(23)25/h2-3,7-8,15H,1,4-6,9-14H2,(H,20,24). The highest BCUT2D eigenvalue weighted by atomic mass is 16.1. The maximum atomic E-state index is 12.4. The van der Waals surface area contributed by atoms with Crippen LogP contribution in [-0.2, 0) is 11.3 Å². The molecule has 1 N–H and O–H groups in total. The lowest BCUT2D eigenvalue weighted by atomic mass is 10.1. The number of rotatable bonds is 7. The Morgan fingerprint density at radius 2 is 1.92 bits per heavy atom. The van der Waals surface area contributed by atoms with E-state index in [-0.39, 0.29) is 11.5 Å². The summed E-state index contributed by atoms with van der Waals surface area (Å²) in [4.78, 5) is 31.1. The van der Waals surface area contributed by atoms with Gasteiger partial charge in [-0.05, 0) is 51.0 Å². The molecule has 134 valence electrons. The first kappa shape index (κ1) is 17.6. The monoisotopic (exact) mass is 342 g/mol. The Labute approximate surface area is 147 Å². The first-order chi connectivity index (χ1) is 12.2. The fourth-order valence-corrected chi connectivity index (χ4v) is 3.29. The van der Waals surface area contributed by atoms with Gasteiger partial charge >= 0.3 is 0 Å². The number of fused-ring (bicyclic) bond motifs is 1. The zero-order valence-electron chi connectivity index (χ0n) is 14.6. The smallest absolute Gasteiger partial charge is 0.261 e. The van der Waals surface area contributed by atoms with Crippen molar-refractivity contribution in [3.63, 3.8) is 0 Å². The molecule has 0 radical (unpaired) electrons. The number of likely N-dealkylation sites (tertiary alicyclic amines) is 1. The zero-order valence-corrected chi connectivity index (χ0v) is 14.6. The molecule has 6 heteroatoms. The highest BCUT2D eigenvalue weighted by molar-refractivity contribution is 5.77. The van der Waals surface area contributed by atoms with Gasteiger partial charge in [-0.15, -0.1) is 0 Å². The summed E-state index contributed by atoms with van der Waals surface area (Å²) in [6.07, 6.45) is 6.72. The van der Waals surface area contributed by atoms with Crippen molar-refractivity contribution in [2.75, 3.05) is 26.2 Å². The van der Waals surface area contributed by atoms with Crippen LogP contribution in [0, 0.1) is 0 Å². The number of hydrogen-bond donors (Lipinski definition) is 1. The Morgan fingerprint density at radius 1 is 1.12 bits per heavy atom. The second-order valence-corrected chi connectivity index (χ2v) is 6.62. The molecule has 1 aliphatic rings. The van der Waals surface area contributed by atoms with Crippen molar-refractivity contribution in [3.05, 3.63) is 40.9 Å². The van der Waals surface area contributed by atoms with E-state index in [4.69, 9.17) is 0 Å². The predicted octanol–water partition coefficient (Wildman–Crippen LogP) is 1.78. The third-order valence-electron chi connectivity index (χ3n) is 4.73. The number of benzene rings is 1. The highest BCUT2D eigenvalue weighted by Crippen LogP contribution is 2.08. The molecule has 2 heterocycles. The molecule has 1 aromatic carbocycles. The number of amides is 1. The third kappa shape index (κ3) is 4.89. The van der Waals surface area contributed by atoms with Crippen LogP contribution in [0.1, 0.15) is 32.1 Å². The second-order valence-electron chi connectivity index (χ2n) is 6.62. The first-order valence-corrected chi connectivity index (χ1v) is 9.17. The van der Waals surface area contributed by atoms with Crippen LogP contribution >= 0.6 is 0 Å². The maximum absolute atomic E-state index is 12.4. The van der Waals surface area contributed by atoms with Crippen molar-refractivity contribution >= 4 is 16.8 Å². The van der Waals surface area contributed by atoms with Gasteiger partial charge < -0.3 is 10.2 Å². The van der Waals surface area contributed by atoms with Crippen LogP contribution in [0.15, 0.2) is 35.4 Å². The van der Waals surface area contributed by atoms with Crippen LogP contribution < -0.4 is 10.9 Å². The summed E-state index contributed by atoms with van der Waals surface area (Å²) in [6.45, 7) is 4.47. The molecule has 1 aromatic heterocycles. The van der Waals surface area contributed by atoms with Crippen LogP contribution in [0.5, 0.6) is 0 Å². The lowest BCUT2D eigenvalue weighted by molar-refractivity contribution is -0.121. The topological polar surface area (TPSA) is 67.2 Å². The van der Waals surface area contributed by atoms with Crippen molar-refractivity contribution < 1.29 is 4.79 Å². The number of hydrogen-bond acceptors (Lipinski definition) is 4. The van der Waals surface area contributed by atoms with Crippen molar-refractivity contribution in [2.45, 2.75) is 38.6 Å². The summed E-state index contributed by atoms with van der Waals surface area (Å²) in [5.74, 6) is -0.0151. The van der Waals surface area contributed by atoms with E-state index in [2.05, 4.69) is 15.2 Å². The SMILES string of the molecule is O=C(CCn1cnc2ccccc2c1=O)NCCCN1CCCCC1. The van der Waals surface area contributed by atoms with Gasteiger partial charge in [-0.1, -0.05) is 18.6 Å². The van der Waals surface area contributed by atoms with Crippen molar-refractivity contribution in [3.8, 4) is 0 Å². The molecule has 0 bridgehead atoms. The normalized spacial score (nSPS) is 15.4. The molecule has 0 aliphatic carbocycles. The van der Waals surface area contributed by atoms with Gasteiger partial charge in [-0.3, -0.25) is 14.2 Å². The van der Waals surface area contributed by atoms with Crippen LogP contribution in [-0.4, -0.2) is 46.5 Å². The van der Waals surface area contributed by atoms with Gasteiger partial charge in [0.05, 0.1) is 17.2 Å². The lowest BCUT2D eigenvalue weighted by Gasteiger charge is -2.26. The third-order valence-corrected chi connectivity index (χ3v) is 4.73. The van der Waals surface area contributed by atoms with E-state index in [1.165, 1.54) is 43.2 Å². The van der Waals surface area contributed by atoms with Crippen LogP contribution in [0.4, 0.5) is 0 Å². The quantitative estimate of drug-likeness (QED) is 0.779. The largest absolute Gasteiger partial charge is 0.356 e. The fourth-order valence-electron chi connectivity index (χ4n) is 3.29. The van der Waals surface area contributed by atoms with Crippen LogP contribution in [0.2, 0.25) is 0 Å². The fraction of sp³-hybridized carbons (Fsp3) is 0.526. The molecule has 0 saturated carbocycles. The Kier molecular flexibility index (Phi) is 6.17. The van der Waals surface area contributed by atoms with Gasteiger partial charge in [0.2, 0.25) is 5.91 Å². The number of aryl methyl sites for hydroxylation is 1. The van der Waals surface area contributed by atoms with Gasteiger partial charge in [0.1, 0.15) is 0 Å². The molecular weight excluding hydrogens is 316 g/mol. The van der Waals surface area contributed by atoms with Gasteiger partial charge in [0.15, 0.2) is 0 Å². The van der Waals surface area contributed by atoms with Crippen molar-refractivity contribution in [1.82, 2.24) is 19.8 Å². The van der Waals surface area contributed by atoms with Crippen molar-refractivity contribution in [2.24, 2.45) is 0 Å². The Bertz CT molecular complexity index is 765. The summed E-state index contributed by atoms with van der Waals surface area (Å²) in [5, 5.41) is 3.54. The predicted molar refractivity (Wildman–Crippen MR) is 98.5 cm³/mol. The number of nitrogens with one attached hydrogen (secondary N) is 1. The summed E-state index contributed by atoms with van der Waals surface area (Å²) in [7, 11) is 0. The molecule has 1 saturated heterocycles. The molecule has 0 atom stereocenters. The molecule has 3 rings (SSSR count). The number of para-hydroxylation sites is 1. The average molecular weight is 342 g/mol. The van der Waals surface area contributed by atoms with E-state index in [1.54, 1.807) is 6.07 Å². The Balaban J connectivity index is 1.41. The number of carbonyl (C=O) groups excluding carboxylic acids is 1. The molecule has 0 unspecified atom stereocenters. The number of nitrogens with zero attached hydrogens (tertiary/aromatic N) is 3. The minimum Gasteiger partial charge on any atom is -0.356 e. The molecule has 6 nitrogen and oxygen atoms in total. The zero-order chi connectivity index (χ0) is 17.5. The number of carbonyl (C=O) groups is 1. The highest BCUT2D eigenvalue weighted by Gasteiger charge is 2.10. The van der Waals surface area contributed by atoms with Gasteiger partial charge in [0, 0.05) is 19.5 Å². The van der Waals surface area contributed by atoms with E-state index in [1.807, 2.05) is 18.2 Å². The van der Waals surface area contributed by atoms with E-state index in [0.29, 0.717) is 30.4 Å². The number of piperidine rings is 1. The number of aromatic nitrogens is 2.